The molecule has 0 heterocycles. The number of benzene rings is 2. The first-order valence-electron chi connectivity index (χ1n) is 6.52. The normalized spacial score (nSPS) is 11.5. The van der Waals surface area contributed by atoms with Gasteiger partial charge >= 0.3 is 0 Å². The lowest BCUT2D eigenvalue weighted by molar-refractivity contribution is -0.385. The zero-order chi connectivity index (χ0) is 17.9. The number of sulfonamides is 1. The number of nitrogens with zero attached hydrogens (tertiary/aromatic N) is 1. The second-order valence-corrected chi connectivity index (χ2v) is 6.65. The Morgan fingerprint density at radius 2 is 1.67 bits per heavy atom. The number of hydrogen-bond donors (Lipinski definition) is 1. The quantitative estimate of drug-likeness (QED) is 0.487. The van der Waals surface area contributed by atoms with Gasteiger partial charge < -0.3 is 0 Å². The number of hydrogen-bond acceptors (Lipinski definition) is 4. The van der Waals surface area contributed by atoms with Crippen molar-refractivity contribution in [3.05, 3.63) is 75.1 Å². The SMILES string of the molecule is O=[N+]([O-])c1ccccc1CS(=O)(=O)NCc1cc(F)c(F)c(F)c1. The monoisotopic (exact) mass is 360 g/mol. The minimum Gasteiger partial charge on any atom is -0.258 e. The van der Waals surface area contributed by atoms with Crippen molar-refractivity contribution < 1.29 is 26.5 Å². The summed E-state index contributed by atoms with van der Waals surface area (Å²) in [5, 5.41) is 10.9. The van der Waals surface area contributed by atoms with Crippen molar-refractivity contribution in [3.8, 4) is 0 Å². The highest BCUT2D eigenvalue weighted by atomic mass is 32.2. The molecule has 1 N–H and O–H groups in total. The van der Waals surface area contributed by atoms with E-state index >= 15 is 0 Å². The molecule has 0 unspecified atom stereocenters. The van der Waals surface area contributed by atoms with Gasteiger partial charge in [0.25, 0.3) is 5.69 Å². The molecule has 0 aliphatic rings. The molecule has 0 aliphatic carbocycles. The van der Waals surface area contributed by atoms with Crippen LogP contribution in [0.4, 0.5) is 18.9 Å². The average Bonchev–Trinajstić information content (AvgIpc) is 2.50. The topological polar surface area (TPSA) is 89.3 Å². The van der Waals surface area contributed by atoms with Crippen molar-refractivity contribution in [1.29, 1.82) is 0 Å². The number of para-hydroxylation sites is 1. The van der Waals surface area contributed by atoms with Crippen LogP contribution < -0.4 is 4.72 Å². The van der Waals surface area contributed by atoms with Gasteiger partial charge in [-0.25, -0.2) is 26.3 Å². The van der Waals surface area contributed by atoms with Gasteiger partial charge in [-0.2, -0.15) is 0 Å². The molecule has 0 radical (unpaired) electrons. The van der Waals surface area contributed by atoms with Crippen molar-refractivity contribution in [3.63, 3.8) is 0 Å². The summed E-state index contributed by atoms with van der Waals surface area (Å²) in [6, 6.07) is 6.61. The summed E-state index contributed by atoms with van der Waals surface area (Å²) in [5.74, 6) is -5.22. The van der Waals surface area contributed by atoms with E-state index in [1.165, 1.54) is 18.2 Å². The highest BCUT2D eigenvalue weighted by Crippen LogP contribution is 2.20. The number of nitro groups is 1. The van der Waals surface area contributed by atoms with E-state index in [2.05, 4.69) is 4.72 Å². The van der Waals surface area contributed by atoms with E-state index in [1.807, 2.05) is 0 Å². The fourth-order valence-electron chi connectivity index (χ4n) is 1.97. The van der Waals surface area contributed by atoms with Crippen molar-refractivity contribution in [2.24, 2.45) is 0 Å². The predicted molar refractivity (Wildman–Crippen MR) is 78.9 cm³/mol. The van der Waals surface area contributed by atoms with E-state index < -0.39 is 44.7 Å². The van der Waals surface area contributed by atoms with E-state index in [9.17, 15) is 31.7 Å². The Hall–Kier alpha value is -2.46. The molecule has 0 saturated carbocycles. The molecule has 128 valence electrons. The van der Waals surface area contributed by atoms with E-state index in [1.54, 1.807) is 0 Å². The molecule has 0 aliphatic heterocycles. The number of halogens is 3. The molecule has 2 aromatic carbocycles. The largest absolute Gasteiger partial charge is 0.273 e. The molecule has 0 spiro atoms. The molecule has 0 saturated heterocycles. The van der Waals surface area contributed by atoms with Crippen LogP contribution in [0.2, 0.25) is 0 Å². The maximum atomic E-state index is 13.1. The predicted octanol–water partition coefficient (Wildman–Crippen LogP) is 2.63. The molecule has 2 aromatic rings. The van der Waals surface area contributed by atoms with Gasteiger partial charge in [0, 0.05) is 18.2 Å². The Bertz CT molecular complexity index is 864. The van der Waals surface area contributed by atoms with Gasteiger partial charge in [-0.1, -0.05) is 18.2 Å². The molecule has 0 fully saturated rings. The molecular formula is C14H11F3N2O4S. The van der Waals surface area contributed by atoms with Crippen LogP contribution in [0.15, 0.2) is 36.4 Å². The maximum absolute atomic E-state index is 13.1. The first-order valence-corrected chi connectivity index (χ1v) is 8.18. The second-order valence-electron chi connectivity index (χ2n) is 4.84. The van der Waals surface area contributed by atoms with Crippen LogP contribution in [0.3, 0.4) is 0 Å². The van der Waals surface area contributed by atoms with Crippen LogP contribution in [0.5, 0.6) is 0 Å². The maximum Gasteiger partial charge on any atom is 0.273 e. The van der Waals surface area contributed by atoms with E-state index in [0.29, 0.717) is 12.1 Å². The Morgan fingerprint density at radius 1 is 1.08 bits per heavy atom. The number of rotatable bonds is 6. The van der Waals surface area contributed by atoms with Gasteiger partial charge in [0.1, 0.15) is 0 Å². The lowest BCUT2D eigenvalue weighted by Crippen LogP contribution is -2.25. The van der Waals surface area contributed by atoms with Gasteiger partial charge in [-0.05, 0) is 17.7 Å². The van der Waals surface area contributed by atoms with Gasteiger partial charge in [0.15, 0.2) is 17.5 Å². The molecule has 10 heteroatoms. The third kappa shape index (κ3) is 4.30. The lowest BCUT2D eigenvalue weighted by Gasteiger charge is -2.08. The Morgan fingerprint density at radius 3 is 2.25 bits per heavy atom. The van der Waals surface area contributed by atoms with Crippen molar-refractivity contribution in [2.75, 3.05) is 0 Å². The summed E-state index contributed by atoms with van der Waals surface area (Å²) in [6.07, 6.45) is 0. The first kappa shape index (κ1) is 17.9. The zero-order valence-electron chi connectivity index (χ0n) is 12.0. The molecule has 0 amide bonds. The number of nitro benzene ring substituents is 1. The Balaban J connectivity index is 2.14. The molecule has 0 aromatic heterocycles. The molecule has 2 rings (SSSR count). The smallest absolute Gasteiger partial charge is 0.258 e. The van der Waals surface area contributed by atoms with Crippen LogP contribution in [0.25, 0.3) is 0 Å². The van der Waals surface area contributed by atoms with Crippen LogP contribution in [0.1, 0.15) is 11.1 Å². The van der Waals surface area contributed by atoms with E-state index in [-0.39, 0.29) is 16.8 Å². The summed E-state index contributed by atoms with van der Waals surface area (Å²) < 4.78 is 65.0. The lowest BCUT2D eigenvalue weighted by atomic mass is 10.2. The Labute approximate surface area is 135 Å². The molecule has 0 bridgehead atoms. The fourth-order valence-corrected chi connectivity index (χ4v) is 3.11. The van der Waals surface area contributed by atoms with Crippen molar-refractivity contribution in [1.82, 2.24) is 4.72 Å². The molecular weight excluding hydrogens is 349 g/mol. The van der Waals surface area contributed by atoms with Gasteiger partial charge in [0.2, 0.25) is 10.0 Å². The van der Waals surface area contributed by atoms with Gasteiger partial charge in [-0.3, -0.25) is 10.1 Å². The van der Waals surface area contributed by atoms with Gasteiger partial charge in [-0.15, -0.1) is 0 Å². The summed E-state index contributed by atoms with van der Waals surface area (Å²) >= 11 is 0. The van der Waals surface area contributed by atoms with Gasteiger partial charge in [0.05, 0.1) is 10.7 Å². The summed E-state index contributed by atoms with van der Waals surface area (Å²) in [7, 11) is -4.02. The summed E-state index contributed by atoms with van der Waals surface area (Å²) in [4.78, 5) is 10.2. The van der Waals surface area contributed by atoms with Crippen LogP contribution >= 0.6 is 0 Å². The zero-order valence-corrected chi connectivity index (χ0v) is 12.8. The summed E-state index contributed by atoms with van der Waals surface area (Å²) in [6.45, 7) is -0.489. The minimum absolute atomic E-state index is 0.0357. The third-order valence-corrected chi connectivity index (χ3v) is 4.35. The highest BCUT2D eigenvalue weighted by molar-refractivity contribution is 7.88. The fraction of sp³-hybridized carbons (Fsp3) is 0.143. The van der Waals surface area contributed by atoms with Crippen LogP contribution in [-0.2, 0) is 22.3 Å². The van der Waals surface area contributed by atoms with Crippen LogP contribution in [-0.4, -0.2) is 13.3 Å². The van der Waals surface area contributed by atoms with E-state index in [4.69, 9.17) is 0 Å². The molecule has 6 nitrogen and oxygen atoms in total. The second kappa shape index (κ2) is 6.97. The minimum atomic E-state index is -4.02. The standard InChI is InChI=1S/C14H11F3N2O4S/c15-11-5-9(6-12(16)14(11)17)7-18-24(22,23)8-10-3-1-2-4-13(10)19(20)21/h1-6,18H,7-8H2. The molecule has 0 atom stereocenters. The third-order valence-electron chi connectivity index (χ3n) is 3.07. The Kier molecular flexibility index (Phi) is 5.20. The van der Waals surface area contributed by atoms with Crippen molar-refractivity contribution >= 4 is 15.7 Å². The first-order chi connectivity index (χ1) is 11.2. The molecule has 24 heavy (non-hydrogen) atoms. The van der Waals surface area contributed by atoms with E-state index in [0.717, 1.165) is 6.07 Å². The number of nitrogens with one attached hydrogen (secondary N) is 1. The highest BCUT2D eigenvalue weighted by Gasteiger charge is 2.20. The average molecular weight is 360 g/mol. The van der Waals surface area contributed by atoms with Crippen molar-refractivity contribution in [2.45, 2.75) is 12.3 Å². The summed E-state index contributed by atoms with van der Waals surface area (Å²) in [5.41, 5.74) is -0.522. The van der Waals surface area contributed by atoms with Crippen LogP contribution in [0, 0.1) is 27.6 Å².